The van der Waals surface area contributed by atoms with Crippen LogP contribution in [0.3, 0.4) is 0 Å². The minimum Gasteiger partial charge on any atom is -0.256 e. The third-order valence-corrected chi connectivity index (χ3v) is 3.71. The van der Waals surface area contributed by atoms with Crippen molar-refractivity contribution in [1.29, 1.82) is 0 Å². The van der Waals surface area contributed by atoms with E-state index in [1.54, 1.807) is 11.3 Å². The Morgan fingerprint density at radius 2 is 1.94 bits per heavy atom. The minimum absolute atomic E-state index is 1.04. The quantitative estimate of drug-likeness (QED) is 0.638. The van der Waals surface area contributed by atoms with Gasteiger partial charge in [0.1, 0.15) is 0 Å². The molecule has 88 valence electrons. The van der Waals surface area contributed by atoms with Crippen LogP contribution in [-0.4, -0.2) is 4.98 Å². The Morgan fingerprint density at radius 3 is 2.67 bits per heavy atom. The molecule has 0 saturated carbocycles. The summed E-state index contributed by atoms with van der Waals surface area (Å²) in [7, 11) is 0. The van der Waals surface area contributed by atoms with Gasteiger partial charge in [-0.25, -0.2) is 0 Å². The Morgan fingerprint density at radius 1 is 1.00 bits per heavy atom. The maximum atomic E-state index is 4.48. The third kappa shape index (κ3) is 1.95. The van der Waals surface area contributed by atoms with E-state index in [4.69, 9.17) is 0 Å². The van der Waals surface area contributed by atoms with E-state index in [1.165, 1.54) is 22.3 Å². The Hall–Kier alpha value is -1.93. The predicted octanol–water partition coefficient (Wildman–Crippen LogP) is 4.79. The lowest BCUT2D eigenvalue weighted by molar-refractivity contribution is 1.31. The molecule has 0 N–H and O–H groups in total. The van der Waals surface area contributed by atoms with E-state index in [-0.39, 0.29) is 0 Å². The number of hydrogen-bond acceptors (Lipinski definition) is 2. The zero-order valence-electron chi connectivity index (χ0n) is 10.1. The van der Waals surface area contributed by atoms with Gasteiger partial charge < -0.3 is 0 Å². The zero-order valence-corrected chi connectivity index (χ0v) is 10.9. The second kappa shape index (κ2) is 4.75. The first-order valence-corrected chi connectivity index (χ1v) is 6.84. The molecule has 1 aromatic carbocycles. The number of nitrogens with zero attached hydrogens (tertiary/aromatic N) is 1. The lowest BCUT2D eigenvalue weighted by atomic mass is 9.95. The molecule has 0 amide bonds. The molecule has 18 heavy (non-hydrogen) atoms. The first-order chi connectivity index (χ1) is 8.86. The Balaban J connectivity index is 2.25. The first kappa shape index (κ1) is 11.2. The standard InChI is InChI=1S/C16H13NS/c1-12-5-4-6-14(13-8-10-18-11-13)16(12)15-7-2-3-9-17-15/h2-11H,1H3. The van der Waals surface area contributed by atoms with Crippen LogP contribution in [0.5, 0.6) is 0 Å². The van der Waals surface area contributed by atoms with Crippen LogP contribution in [0.25, 0.3) is 22.4 Å². The molecule has 2 aromatic heterocycles. The van der Waals surface area contributed by atoms with E-state index in [0.29, 0.717) is 0 Å². The van der Waals surface area contributed by atoms with Crippen LogP contribution in [0, 0.1) is 6.92 Å². The third-order valence-electron chi connectivity index (χ3n) is 3.03. The topological polar surface area (TPSA) is 12.9 Å². The lowest BCUT2D eigenvalue weighted by Gasteiger charge is -2.11. The predicted molar refractivity (Wildman–Crippen MR) is 77.7 cm³/mol. The number of rotatable bonds is 2. The molecule has 1 nitrogen and oxygen atoms in total. The van der Waals surface area contributed by atoms with Crippen molar-refractivity contribution in [1.82, 2.24) is 4.98 Å². The van der Waals surface area contributed by atoms with E-state index in [1.807, 2.05) is 18.3 Å². The van der Waals surface area contributed by atoms with Gasteiger partial charge in [0.05, 0.1) is 5.69 Å². The summed E-state index contributed by atoms with van der Waals surface area (Å²) in [6.45, 7) is 2.14. The smallest absolute Gasteiger partial charge is 0.0710 e. The van der Waals surface area contributed by atoms with Crippen LogP contribution in [-0.2, 0) is 0 Å². The molecule has 3 aromatic rings. The fourth-order valence-electron chi connectivity index (χ4n) is 2.18. The number of thiophene rings is 1. The van der Waals surface area contributed by atoms with Gasteiger partial charge in [-0.3, -0.25) is 4.98 Å². The van der Waals surface area contributed by atoms with Gasteiger partial charge in [-0.15, -0.1) is 0 Å². The van der Waals surface area contributed by atoms with Crippen LogP contribution < -0.4 is 0 Å². The minimum atomic E-state index is 1.04. The highest BCUT2D eigenvalue weighted by Crippen LogP contribution is 2.34. The molecule has 0 aliphatic carbocycles. The van der Waals surface area contributed by atoms with Crippen molar-refractivity contribution in [3.63, 3.8) is 0 Å². The number of aromatic nitrogens is 1. The molecule has 0 bridgehead atoms. The summed E-state index contributed by atoms with van der Waals surface area (Å²) in [5.74, 6) is 0. The van der Waals surface area contributed by atoms with Crippen LogP contribution in [0.2, 0.25) is 0 Å². The molecular formula is C16H13NS. The average molecular weight is 251 g/mol. The highest BCUT2D eigenvalue weighted by molar-refractivity contribution is 7.08. The Labute approximate surface area is 111 Å². The highest BCUT2D eigenvalue weighted by atomic mass is 32.1. The second-order valence-electron chi connectivity index (χ2n) is 4.22. The largest absolute Gasteiger partial charge is 0.256 e. The summed E-state index contributed by atoms with van der Waals surface area (Å²) >= 11 is 1.72. The summed E-state index contributed by atoms with van der Waals surface area (Å²) in [6, 6.07) is 14.6. The van der Waals surface area contributed by atoms with Gasteiger partial charge >= 0.3 is 0 Å². The van der Waals surface area contributed by atoms with Crippen LogP contribution in [0.15, 0.2) is 59.4 Å². The van der Waals surface area contributed by atoms with Crippen molar-refractivity contribution in [2.45, 2.75) is 6.92 Å². The molecule has 0 aliphatic heterocycles. The summed E-state index contributed by atoms with van der Waals surface area (Å²) in [4.78, 5) is 4.48. The van der Waals surface area contributed by atoms with Crippen LogP contribution in [0.1, 0.15) is 5.56 Å². The molecule has 0 atom stereocenters. The number of benzene rings is 1. The summed E-state index contributed by atoms with van der Waals surface area (Å²) < 4.78 is 0. The van der Waals surface area contributed by atoms with Gasteiger partial charge in [0.2, 0.25) is 0 Å². The maximum absolute atomic E-state index is 4.48. The van der Waals surface area contributed by atoms with E-state index >= 15 is 0 Å². The van der Waals surface area contributed by atoms with Gasteiger partial charge in [-0.2, -0.15) is 11.3 Å². The van der Waals surface area contributed by atoms with Crippen molar-refractivity contribution >= 4 is 11.3 Å². The summed E-state index contributed by atoms with van der Waals surface area (Å²) in [6.07, 6.45) is 1.85. The van der Waals surface area contributed by atoms with Gasteiger partial charge in [0.15, 0.2) is 0 Å². The number of hydrogen-bond donors (Lipinski definition) is 0. The van der Waals surface area contributed by atoms with E-state index in [2.05, 4.69) is 53.0 Å². The SMILES string of the molecule is Cc1cccc(-c2ccsc2)c1-c1ccccn1. The van der Waals surface area contributed by atoms with E-state index < -0.39 is 0 Å². The highest BCUT2D eigenvalue weighted by Gasteiger charge is 2.10. The second-order valence-corrected chi connectivity index (χ2v) is 5.00. The molecule has 0 aliphatic rings. The molecule has 0 unspecified atom stereocenters. The van der Waals surface area contributed by atoms with Crippen molar-refractivity contribution in [2.75, 3.05) is 0 Å². The number of aryl methyl sites for hydroxylation is 1. The maximum Gasteiger partial charge on any atom is 0.0710 e. The number of pyridine rings is 1. The zero-order chi connectivity index (χ0) is 12.4. The van der Waals surface area contributed by atoms with Crippen molar-refractivity contribution in [3.05, 3.63) is 65.0 Å². The Bertz CT molecular complexity index is 642. The normalized spacial score (nSPS) is 10.5. The lowest BCUT2D eigenvalue weighted by Crippen LogP contribution is -1.90. The van der Waals surface area contributed by atoms with Crippen molar-refractivity contribution < 1.29 is 0 Å². The summed E-state index contributed by atoms with van der Waals surface area (Å²) in [5.41, 5.74) is 6.06. The fourth-order valence-corrected chi connectivity index (χ4v) is 2.83. The van der Waals surface area contributed by atoms with Crippen molar-refractivity contribution in [2.24, 2.45) is 0 Å². The van der Waals surface area contributed by atoms with Gasteiger partial charge in [-0.05, 0) is 52.6 Å². The molecule has 0 spiro atoms. The molecule has 0 fully saturated rings. The molecule has 2 heterocycles. The molecular weight excluding hydrogens is 238 g/mol. The van der Waals surface area contributed by atoms with Crippen LogP contribution >= 0.6 is 11.3 Å². The summed E-state index contributed by atoms with van der Waals surface area (Å²) in [5, 5.41) is 4.29. The molecule has 3 rings (SSSR count). The van der Waals surface area contributed by atoms with Gasteiger partial charge in [0, 0.05) is 11.8 Å². The average Bonchev–Trinajstić information content (AvgIpc) is 2.93. The van der Waals surface area contributed by atoms with Gasteiger partial charge in [-0.1, -0.05) is 24.3 Å². The van der Waals surface area contributed by atoms with Gasteiger partial charge in [0.25, 0.3) is 0 Å². The van der Waals surface area contributed by atoms with E-state index in [9.17, 15) is 0 Å². The van der Waals surface area contributed by atoms with Crippen molar-refractivity contribution in [3.8, 4) is 22.4 Å². The molecule has 2 heteroatoms. The monoisotopic (exact) mass is 251 g/mol. The Kier molecular flexibility index (Phi) is 2.95. The first-order valence-electron chi connectivity index (χ1n) is 5.90. The fraction of sp³-hybridized carbons (Fsp3) is 0.0625. The van der Waals surface area contributed by atoms with E-state index in [0.717, 1.165) is 5.69 Å². The van der Waals surface area contributed by atoms with Crippen LogP contribution in [0.4, 0.5) is 0 Å². The molecule has 0 saturated heterocycles. The molecule has 0 radical (unpaired) electrons.